The molecule has 1 amide bonds. The van der Waals surface area contributed by atoms with E-state index in [1.54, 1.807) is 6.20 Å². The first kappa shape index (κ1) is 20.6. The van der Waals surface area contributed by atoms with Crippen LogP contribution in [0.4, 0.5) is 11.4 Å². The predicted molar refractivity (Wildman–Crippen MR) is 123 cm³/mol. The number of carbonyl (C=O) groups excluding carboxylic acids is 1. The van der Waals surface area contributed by atoms with E-state index in [2.05, 4.69) is 15.3 Å². The molecule has 0 radical (unpaired) electrons. The van der Waals surface area contributed by atoms with E-state index >= 15 is 0 Å². The van der Waals surface area contributed by atoms with Gasteiger partial charge in [-0.2, -0.15) is 0 Å². The number of aliphatic hydroxyl groups excluding tert-OH is 1. The maximum Gasteiger partial charge on any atom is 0.257 e. The summed E-state index contributed by atoms with van der Waals surface area (Å²) in [5, 5.41) is 12.7. The molecule has 2 aromatic carbocycles. The Hall–Kier alpha value is -3.71. The van der Waals surface area contributed by atoms with Crippen LogP contribution in [-0.4, -0.2) is 46.1 Å². The van der Waals surface area contributed by atoms with Crippen LogP contribution in [0, 0.1) is 0 Å². The maximum absolute atomic E-state index is 12.5. The van der Waals surface area contributed by atoms with Crippen LogP contribution in [0.1, 0.15) is 23.2 Å². The van der Waals surface area contributed by atoms with E-state index in [1.165, 1.54) is 0 Å². The monoisotopic (exact) mass is 416 g/mol. The lowest BCUT2D eigenvalue weighted by molar-refractivity contribution is 0.0793. The van der Waals surface area contributed by atoms with Crippen molar-refractivity contribution in [1.29, 1.82) is 0 Å². The van der Waals surface area contributed by atoms with Crippen molar-refractivity contribution in [3.8, 4) is 0 Å². The number of H-pyrrole nitrogens is 1. The molecule has 0 aliphatic carbocycles. The number of carbonyl (C=O) groups is 1. The molecule has 31 heavy (non-hydrogen) atoms. The number of anilines is 2. The summed E-state index contributed by atoms with van der Waals surface area (Å²) in [5.41, 5.74) is 2.81. The Bertz CT molecular complexity index is 1280. The number of benzene rings is 2. The van der Waals surface area contributed by atoms with Crippen molar-refractivity contribution in [2.24, 2.45) is 0 Å². The minimum Gasteiger partial charge on any atom is -0.400 e. The maximum atomic E-state index is 12.5. The van der Waals surface area contributed by atoms with Gasteiger partial charge in [0.2, 0.25) is 0 Å². The van der Waals surface area contributed by atoms with Gasteiger partial charge in [-0.3, -0.25) is 9.59 Å². The van der Waals surface area contributed by atoms with Crippen molar-refractivity contribution in [2.75, 3.05) is 25.5 Å². The largest absolute Gasteiger partial charge is 0.400 e. The summed E-state index contributed by atoms with van der Waals surface area (Å²) in [4.78, 5) is 33.9. The number of hydrogen-bond acceptors (Lipinski definition) is 5. The van der Waals surface area contributed by atoms with Crippen LogP contribution in [0.2, 0.25) is 0 Å². The number of rotatable bonds is 3. The standard InChI is InChI=1S/C23H20N4O2.CH4O/c28-22-18-6-2-1-5-17(18)20-19(11-12-24-21(20)26-22)25-16-9-7-15(8-10-16)23(29)27-13-3-4-14-27;1-2/h1-2,5-12H,3-4,13-14H2,(H2,24,25,26,28);2H,1H3. The highest BCUT2D eigenvalue weighted by molar-refractivity contribution is 6.10. The second-order valence-corrected chi connectivity index (χ2v) is 7.28. The number of hydrogen-bond donors (Lipinski definition) is 3. The van der Waals surface area contributed by atoms with E-state index in [0.29, 0.717) is 16.6 Å². The van der Waals surface area contributed by atoms with Crippen molar-refractivity contribution in [2.45, 2.75) is 12.8 Å². The van der Waals surface area contributed by atoms with Crippen LogP contribution in [0.15, 0.2) is 65.6 Å². The second kappa shape index (κ2) is 8.97. The number of aromatic nitrogens is 2. The summed E-state index contributed by atoms with van der Waals surface area (Å²) in [6.07, 6.45) is 3.83. The van der Waals surface area contributed by atoms with E-state index in [1.807, 2.05) is 59.5 Å². The van der Waals surface area contributed by atoms with Gasteiger partial charge in [0, 0.05) is 53.8 Å². The highest BCUT2D eigenvalue weighted by atomic mass is 16.2. The Morgan fingerprint density at radius 1 is 1.00 bits per heavy atom. The molecule has 1 aliphatic rings. The van der Waals surface area contributed by atoms with Gasteiger partial charge in [0.15, 0.2) is 0 Å². The van der Waals surface area contributed by atoms with Crippen LogP contribution < -0.4 is 10.9 Å². The molecule has 1 saturated heterocycles. The average Bonchev–Trinajstić information content (AvgIpc) is 3.36. The smallest absolute Gasteiger partial charge is 0.257 e. The summed E-state index contributed by atoms with van der Waals surface area (Å²) < 4.78 is 0. The van der Waals surface area contributed by atoms with Crippen molar-refractivity contribution in [3.63, 3.8) is 0 Å². The molecule has 4 aromatic rings. The van der Waals surface area contributed by atoms with E-state index in [-0.39, 0.29) is 11.5 Å². The molecule has 3 heterocycles. The molecule has 7 nitrogen and oxygen atoms in total. The SMILES string of the molecule is CO.O=C(c1ccc(Nc2ccnc3[nH]c(=O)c4ccccc4c23)cc1)N1CCCC1. The number of nitrogens with zero attached hydrogens (tertiary/aromatic N) is 2. The van der Waals surface area contributed by atoms with Crippen molar-refractivity contribution in [3.05, 3.63) is 76.7 Å². The molecule has 158 valence electrons. The minimum absolute atomic E-state index is 0.0898. The van der Waals surface area contributed by atoms with Crippen molar-refractivity contribution < 1.29 is 9.90 Å². The fraction of sp³-hybridized carbons (Fsp3) is 0.208. The van der Waals surface area contributed by atoms with Crippen molar-refractivity contribution >= 4 is 39.1 Å². The Kier molecular flexibility index (Phi) is 5.95. The summed E-state index contributed by atoms with van der Waals surface area (Å²) in [6.45, 7) is 1.68. The number of fused-ring (bicyclic) bond motifs is 3. The van der Waals surface area contributed by atoms with Gasteiger partial charge in [0.1, 0.15) is 5.65 Å². The van der Waals surface area contributed by atoms with Gasteiger partial charge >= 0.3 is 0 Å². The van der Waals surface area contributed by atoms with E-state index in [9.17, 15) is 9.59 Å². The minimum atomic E-state index is -0.150. The molecule has 2 aromatic heterocycles. The van der Waals surface area contributed by atoms with Crippen LogP contribution in [-0.2, 0) is 0 Å². The highest BCUT2D eigenvalue weighted by Gasteiger charge is 2.19. The molecule has 7 heteroatoms. The number of amides is 1. The van der Waals surface area contributed by atoms with Gasteiger partial charge < -0.3 is 20.3 Å². The fourth-order valence-corrected chi connectivity index (χ4v) is 3.96. The van der Waals surface area contributed by atoms with Gasteiger partial charge in [0.05, 0.1) is 5.69 Å². The van der Waals surface area contributed by atoms with E-state index in [0.717, 1.165) is 55.2 Å². The number of nitrogens with one attached hydrogen (secondary N) is 2. The summed E-state index contributed by atoms with van der Waals surface area (Å²) >= 11 is 0. The molecule has 0 spiro atoms. The zero-order chi connectivity index (χ0) is 21.8. The van der Waals surface area contributed by atoms with E-state index < -0.39 is 0 Å². The van der Waals surface area contributed by atoms with Gasteiger partial charge in [-0.25, -0.2) is 4.98 Å². The Morgan fingerprint density at radius 2 is 1.68 bits per heavy atom. The zero-order valence-corrected chi connectivity index (χ0v) is 17.3. The molecule has 1 aliphatic heterocycles. The molecule has 0 unspecified atom stereocenters. The van der Waals surface area contributed by atoms with Crippen LogP contribution in [0.3, 0.4) is 0 Å². The van der Waals surface area contributed by atoms with Gasteiger partial charge in [-0.15, -0.1) is 0 Å². The number of aliphatic hydroxyl groups is 1. The molecular formula is C24H24N4O3. The first-order chi connectivity index (χ1) is 15.2. The third kappa shape index (κ3) is 4.00. The van der Waals surface area contributed by atoms with Crippen LogP contribution >= 0.6 is 0 Å². The molecule has 5 rings (SSSR count). The Labute approximate surface area is 179 Å². The third-order valence-electron chi connectivity index (χ3n) is 5.43. The molecular weight excluding hydrogens is 392 g/mol. The topological polar surface area (TPSA) is 98.3 Å². The highest BCUT2D eigenvalue weighted by Crippen LogP contribution is 2.29. The van der Waals surface area contributed by atoms with Crippen LogP contribution in [0.25, 0.3) is 21.8 Å². The van der Waals surface area contributed by atoms with Crippen molar-refractivity contribution in [1.82, 2.24) is 14.9 Å². The molecule has 1 fully saturated rings. The first-order valence-electron chi connectivity index (χ1n) is 10.2. The number of likely N-dealkylation sites (tertiary alicyclic amines) is 1. The fourth-order valence-electron chi connectivity index (χ4n) is 3.96. The molecule has 0 bridgehead atoms. The molecule has 0 atom stereocenters. The lowest BCUT2D eigenvalue weighted by atomic mass is 10.1. The molecule has 0 saturated carbocycles. The Balaban J connectivity index is 0.00000112. The average molecular weight is 416 g/mol. The molecule has 3 N–H and O–H groups in total. The van der Waals surface area contributed by atoms with Gasteiger partial charge in [0.25, 0.3) is 11.5 Å². The van der Waals surface area contributed by atoms with E-state index in [4.69, 9.17) is 5.11 Å². The Morgan fingerprint density at radius 3 is 2.39 bits per heavy atom. The third-order valence-corrected chi connectivity index (χ3v) is 5.43. The normalized spacial score (nSPS) is 13.2. The quantitative estimate of drug-likeness (QED) is 0.443. The lowest BCUT2D eigenvalue weighted by Gasteiger charge is -2.16. The summed E-state index contributed by atoms with van der Waals surface area (Å²) in [6, 6.07) is 16.9. The predicted octanol–water partition coefficient (Wildman–Crippen LogP) is 3.66. The lowest BCUT2D eigenvalue weighted by Crippen LogP contribution is -2.27. The van der Waals surface area contributed by atoms with Crippen LogP contribution in [0.5, 0.6) is 0 Å². The number of aromatic amines is 1. The summed E-state index contributed by atoms with van der Waals surface area (Å²) in [5.74, 6) is 0.0898. The van der Waals surface area contributed by atoms with Gasteiger partial charge in [-0.1, -0.05) is 18.2 Å². The number of pyridine rings is 2. The first-order valence-corrected chi connectivity index (χ1v) is 10.2. The second-order valence-electron chi connectivity index (χ2n) is 7.28. The van der Waals surface area contributed by atoms with Gasteiger partial charge in [-0.05, 0) is 49.2 Å². The summed E-state index contributed by atoms with van der Waals surface area (Å²) in [7, 11) is 1.00. The zero-order valence-electron chi connectivity index (χ0n) is 17.3.